The Bertz CT molecular complexity index is 1030. The van der Waals surface area contributed by atoms with Crippen LogP contribution in [-0.4, -0.2) is 66.3 Å². The van der Waals surface area contributed by atoms with E-state index in [-0.39, 0.29) is 13.0 Å². The van der Waals surface area contributed by atoms with E-state index >= 15 is 0 Å². The lowest BCUT2D eigenvalue weighted by Crippen LogP contribution is -2.29. The Balaban J connectivity index is 4.33. The third-order valence-electron chi connectivity index (χ3n) is 7.88. The van der Waals surface area contributed by atoms with Gasteiger partial charge in [-0.1, -0.05) is 125 Å². The third-order valence-corrected chi connectivity index (χ3v) is 8.83. The van der Waals surface area contributed by atoms with Crippen LogP contribution in [0.1, 0.15) is 142 Å². The van der Waals surface area contributed by atoms with Gasteiger partial charge in [-0.25, -0.2) is 4.57 Å². The lowest BCUT2D eigenvalue weighted by molar-refractivity contribution is -0.154. The molecule has 0 aliphatic rings. The number of carbonyl (C=O) groups is 1. The van der Waals surface area contributed by atoms with Crippen LogP contribution in [0.25, 0.3) is 0 Å². The van der Waals surface area contributed by atoms with Gasteiger partial charge in [0, 0.05) is 13.0 Å². The van der Waals surface area contributed by atoms with Crippen molar-refractivity contribution in [1.29, 1.82) is 0 Å². The summed E-state index contributed by atoms with van der Waals surface area (Å²) in [7, 11) is -4.53. The van der Waals surface area contributed by atoms with Crippen molar-refractivity contribution in [2.45, 2.75) is 154 Å². The number of ether oxygens (including phenoxy) is 2. The zero-order valence-electron chi connectivity index (χ0n) is 32.5. The first-order valence-electron chi connectivity index (χ1n) is 19.9. The fourth-order valence-corrected chi connectivity index (χ4v) is 5.63. The first kappa shape index (κ1) is 49.9. The smallest absolute Gasteiger partial charge is 0.457 e. The van der Waals surface area contributed by atoms with Crippen molar-refractivity contribution in [2.75, 3.05) is 33.0 Å². The van der Waals surface area contributed by atoms with Gasteiger partial charge in [-0.2, -0.15) is 0 Å². The highest BCUT2D eigenvalue weighted by Crippen LogP contribution is 2.43. The number of hydrogen-bond acceptors (Lipinski definition) is 8. The van der Waals surface area contributed by atoms with Crippen LogP contribution in [0.2, 0.25) is 0 Å². The molecule has 300 valence electrons. The van der Waals surface area contributed by atoms with Crippen molar-refractivity contribution in [3.63, 3.8) is 0 Å². The number of phosphoric acid groups is 1. The van der Waals surface area contributed by atoms with E-state index in [1.165, 1.54) is 25.7 Å². The van der Waals surface area contributed by atoms with Crippen LogP contribution < -0.4 is 0 Å². The summed E-state index contributed by atoms with van der Waals surface area (Å²) in [6, 6.07) is 0. The maximum absolute atomic E-state index is 12.6. The largest absolute Gasteiger partial charge is 0.472 e. The number of carbonyl (C=O) groups excluding carboxylic acids is 1. The summed E-state index contributed by atoms with van der Waals surface area (Å²) in [4.78, 5) is 22.5. The second kappa shape index (κ2) is 38.6. The normalized spacial score (nSPS) is 14.9. The van der Waals surface area contributed by atoms with Gasteiger partial charge in [0.1, 0.15) is 12.2 Å². The molecule has 0 aromatic carbocycles. The SMILES string of the molecule is CC/C=C\C/C=C\C/C=C\C/C=C\CCCCCOCC(COP(=O)(O)OCC(O)CO)OC(=O)CCCCCCC/C=C\C/C=C\CCCCC. The number of aliphatic hydroxyl groups is 2. The maximum Gasteiger partial charge on any atom is 0.472 e. The van der Waals surface area contributed by atoms with Crippen LogP contribution in [0, 0.1) is 0 Å². The van der Waals surface area contributed by atoms with Crippen molar-refractivity contribution < 1.29 is 43.0 Å². The Hall–Kier alpha value is -2.10. The molecule has 0 saturated heterocycles. The number of unbranched alkanes of at least 4 members (excludes halogenated alkanes) is 11. The second-order valence-electron chi connectivity index (χ2n) is 12.9. The number of rotatable bonds is 37. The van der Waals surface area contributed by atoms with E-state index in [0.717, 1.165) is 89.9 Å². The Morgan fingerprint density at radius 3 is 1.65 bits per heavy atom. The Kier molecular flexibility index (Phi) is 37.1. The lowest BCUT2D eigenvalue weighted by atomic mass is 10.1. The second-order valence-corrected chi connectivity index (χ2v) is 14.4. The standard InChI is InChI=1S/C42H73O9P/c1-3-5-7-9-11-13-15-17-19-21-23-25-27-29-31-33-35-48-38-41(39-50-52(46,47)49-37-40(44)36-43)51-42(45)34-32-30-28-26-24-22-20-18-16-14-12-10-8-6-4-2/h5,7,11-14,17-20,23,25,40-41,43-44H,3-4,6,8-10,15-16,21-22,24,26-39H2,1-2H3,(H,46,47)/b7-5-,13-11-,14-12-,19-17-,20-18-,25-23-. The predicted octanol–water partition coefficient (Wildman–Crippen LogP) is 10.6. The molecule has 0 spiro atoms. The van der Waals surface area contributed by atoms with Gasteiger partial charge >= 0.3 is 13.8 Å². The fourth-order valence-electron chi connectivity index (χ4n) is 4.84. The number of esters is 1. The molecule has 10 heteroatoms. The molecule has 52 heavy (non-hydrogen) atoms. The molecule has 3 atom stereocenters. The van der Waals surface area contributed by atoms with Gasteiger partial charge in [0.15, 0.2) is 0 Å². The zero-order valence-corrected chi connectivity index (χ0v) is 33.4. The summed E-state index contributed by atoms with van der Waals surface area (Å²) in [5, 5.41) is 18.3. The van der Waals surface area contributed by atoms with Crippen LogP contribution in [-0.2, 0) is 27.9 Å². The van der Waals surface area contributed by atoms with E-state index in [1.54, 1.807) is 0 Å². The highest BCUT2D eigenvalue weighted by Gasteiger charge is 2.26. The molecule has 0 fully saturated rings. The third kappa shape index (κ3) is 37.7. The molecule has 3 unspecified atom stereocenters. The van der Waals surface area contributed by atoms with Crippen LogP contribution in [0.5, 0.6) is 0 Å². The molecule has 0 aromatic heterocycles. The van der Waals surface area contributed by atoms with Crippen molar-refractivity contribution in [1.82, 2.24) is 0 Å². The highest BCUT2D eigenvalue weighted by molar-refractivity contribution is 7.47. The van der Waals surface area contributed by atoms with E-state index < -0.39 is 45.8 Å². The van der Waals surface area contributed by atoms with Gasteiger partial charge in [0.2, 0.25) is 0 Å². The van der Waals surface area contributed by atoms with Crippen LogP contribution in [0.15, 0.2) is 72.9 Å². The van der Waals surface area contributed by atoms with Gasteiger partial charge in [-0.3, -0.25) is 13.8 Å². The average molecular weight is 753 g/mol. The average Bonchev–Trinajstić information content (AvgIpc) is 3.13. The summed E-state index contributed by atoms with van der Waals surface area (Å²) in [5.41, 5.74) is 0. The fraction of sp³-hybridized carbons (Fsp3) is 0.690. The molecular weight excluding hydrogens is 679 g/mol. The van der Waals surface area contributed by atoms with Gasteiger partial charge in [-0.15, -0.1) is 0 Å². The molecule has 0 aliphatic carbocycles. The van der Waals surface area contributed by atoms with Crippen molar-refractivity contribution in [3.05, 3.63) is 72.9 Å². The summed E-state index contributed by atoms with van der Waals surface area (Å²) in [6.45, 7) is 3.25. The van der Waals surface area contributed by atoms with Gasteiger partial charge in [0.05, 0.1) is 26.4 Å². The van der Waals surface area contributed by atoms with Crippen molar-refractivity contribution in [3.8, 4) is 0 Å². The summed E-state index contributed by atoms with van der Waals surface area (Å²) >= 11 is 0. The van der Waals surface area contributed by atoms with E-state index in [4.69, 9.17) is 23.6 Å². The Labute approximate surface area is 316 Å². The quantitative estimate of drug-likeness (QED) is 0.0245. The predicted molar refractivity (Wildman–Crippen MR) is 214 cm³/mol. The number of hydrogen-bond donors (Lipinski definition) is 3. The van der Waals surface area contributed by atoms with Gasteiger partial charge in [0.25, 0.3) is 0 Å². The minimum atomic E-state index is -4.53. The van der Waals surface area contributed by atoms with E-state index in [1.807, 2.05) is 0 Å². The molecule has 0 aromatic rings. The number of aliphatic hydroxyl groups excluding tert-OH is 2. The number of allylic oxidation sites excluding steroid dienone is 12. The summed E-state index contributed by atoms with van der Waals surface area (Å²) in [6.07, 6.45) is 44.3. The minimum Gasteiger partial charge on any atom is -0.457 e. The molecule has 9 nitrogen and oxygen atoms in total. The van der Waals surface area contributed by atoms with Crippen molar-refractivity contribution >= 4 is 13.8 Å². The number of phosphoric ester groups is 1. The highest BCUT2D eigenvalue weighted by atomic mass is 31.2. The van der Waals surface area contributed by atoms with Gasteiger partial charge < -0.3 is 24.6 Å². The molecule has 0 amide bonds. The monoisotopic (exact) mass is 752 g/mol. The van der Waals surface area contributed by atoms with E-state index in [0.29, 0.717) is 13.0 Å². The van der Waals surface area contributed by atoms with Crippen LogP contribution in [0.4, 0.5) is 0 Å². The minimum absolute atomic E-state index is 0.0179. The summed E-state index contributed by atoms with van der Waals surface area (Å²) in [5.74, 6) is -0.412. The molecule has 0 saturated carbocycles. The molecule has 3 N–H and O–H groups in total. The first-order valence-corrected chi connectivity index (χ1v) is 21.4. The zero-order chi connectivity index (χ0) is 38.2. The Morgan fingerprint density at radius 2 is 1.10 bits per heavy atom. The van der Waals surface area contributed by atoms with Gasteiger partial charge in [-0.05, 0) is 83.5 Å². The Morgan fingerprint density at radius 1 is 0.615 bits per heavy atom. The molecular formula is C42H73O9P. The van der Waals surface area contributed by atoms with Crippen molar-refractivity contribution in [2.24, 2.45) is 0 Å². The molecule has 0 heterocycles. The van der Waals surface area contributed by atoms with E-state index in [9.17, 15) is 19.4 Å². The summed E-state index contributed by atoms with van der Waals surface area (Å²) < 4.78 is 33.2. The van der Waals surface area contributed by atoms with E-state index in [2.05, 4.69) is 86.8 Å². The maximum atomic E-state index is 12.6. The van der Waals surface area contributed by atoms with Crippen LogP contribution >= 0.6 is 7.82 Å². The molecule has 0 aliphatic heterocycles. The molecule has 0 radical (unpaired) electrons. The van der Waals surface area contributed by atoms with Crippen LogP contribution in [0.3, 0.4) is 0 Å². The molecule has 0 bridgehead atoms. The first-order chi connectivity index (χ1) is 25.3. The topological polar surface area (TPSA) is 132 Å². The lowest BCUT2D eigenvalue weighted by Gasteiger charge is -2.20. The molecule has 0 rings (SSSR count).